The van der Waals surface area contributed by atoms with Crippen LogP contribution in [0.25, 0.3) is 0 Å². The van der Waals surface area contributed by atoms with Crippen molar-refractivity contribution in [1.82, 2.24) is 0 Å². The molecule has 112 valence electrons. The molecule has 0 saturated heterocycles. The number of thioether (sulfide) groups is 1. The van der Waals surface area contributed by atoms with Gasteiger partial charge in [0.25, 0.3) is 5.69 Å². The standard InChI is InChI=1S/C11H10N2O7S/c14-10(3-21-4-11(15)16)12-6-1-8-9(20-5-19-8)2-7(6)13(17)18/h1-2H,3-5H2,(H,12,14)(H,15,16). The van der Waals surface area contributed by atoms with Crippen LogP contribution in [0.15, 0.2) is 12.1 Å². The van der Waals surface area contributed by atoms with Gasteiger partial charge in [0.05, 0.1) is 22.5 Å². The molecule has 0 bridgehead atoms. The molecular formula is C11H10N2O7S. The zero-order valence-corrected chi connectivity index (χ0v) is 11.3. The number of nitro groups is 1. The van der Waals surface area contributed by atoms with E-state index in [4.69, 9.17) is 14.6 Å². The molecule has 1 heterocycles. The third-order valence-electron chi connectivity index (χ3n) is 2.42. The van der Waals surface area contributed by atoms with Crippen molar-refractivity contribution >= 4 is 35.0 Å². The van der Waals surface area contributed by atoms with Crippen LogP contribution in [0.2, 0.25) is 0 Å². The van der Waals surface area contributed by atoms with Crippen LogP contribution in [0.3, 0.4) is 0 Å². The molecule has 10 heteroatoms. The fourth-order valence-corrected chi connectivity index (χ4v) is 2.13. The van der Waals surface area contributed by atoms with Crippen molar-refractivity contribution in [3.63, 3.8) is 0 Å². The van der Waals surface area contributed by atoms with Gasteiger partial charge in [-0.05, 0) is 0 Å². The van der Waals surface area contributed by atoms with Crippen LogP contribution in [-0.4, -0.2) is 40.2 Å². The van der Waals surface area contributed by atoms with Crippen molar-refractivity contribution in [2.75, 3.05) is 23.6 Å². The first-order chi connectivity index (χ1) is 9.97. The van der Waals surface area contributed by atoms with E-state index in [0.29, 0.717) is 5.75 Å². The number of nitro benzene ring substituents is 1. The van der Waals surface area contributed by atoms with E-state index in [1.54, 1.807) is 0 Å². The number of carbonyl (C=O) groups is 2. The van der Waals surface area contributed by atoms with Crippen LogP contribution in [-0.2, 0) is 9.59 Å². The van der Waals surface area contributed by atoms with E-state index in [9.17, 15) is 19.7 Å². The third-order valence-corrected chi connectivity index (χ3v) is 3.34. The minimum absolute atomic E-state index is 0.0230. The Labute approximate surface area is 122 Å². The minimum Gasteiger partial charge on any atom is -0.481 e. The highest BCUT2D eigenvalue weighted by atomic mass is 32.2. The van der Waals surface area contributed by atoms with Gasteiger partial charge in [0, 0.05) is 6.07 Å². The first-order valence-corrected chi connectivity index (χ1v) is 6.80. The molecule has 0 aliphatic carbocycles. The highest BCUT2D eigenvalue weighted by molar-refractivity contribution is 8.00. The van der Waals surface area contributed by atoms with Crippen LogP contribution in [0.4, 0.5) is 11.4 Å². The summed E-state index contributed by atoms with van der Waals surface area (Å²) in [6.07, 6.45) is 0. The number of hydrogen-bond donors (Lipinski definition) is 2. The number of fused-ring (bicyclic) bond motifs is 1. The second kappa shape index (κ2) is 6.31. The van der Waals surface area contributed by atoms with Gasteiger partial charge in [-0.3, -0.25) is 19.7 Å². The Hall–Kier alpha value is -2.49. The fraction of sp³-hybridized carbons (Fsp3) is 0.273. The average molecular weight is 314 g/mol. The van der Waals surface area contributed by atoms with E-state index >= 15 is 0 Å². The van der Waals surface area contributed by atoms with Crippen molar-refractivity contribution in [3.05, 3.63) is 22.2 Å². The van der Waals surface area contributed by atoms with Gasteiger partial charge in [0.15, 0.2) is 11.5 Å². The lowest BCUT2D eigenvalue weighted by Crippen LogP contribution is -2.16. The average Bonchev–Trinajstić information content (AvgIpc) is 2.84. The molecule has 1 aromatic rings. The van der Waals surface area contributed by atoms with Gasteiger partial charge in [-0.1, -0.05) is 0 Å². The molecule has 9 nitrogen and oxygen atoms in total. The van der Waals surface area contributed by atoms with E-state index in [1.165, 1.54) is 12.1 Å². The Bertz CT molecular complexity index is 604. The highest BCUT2D eigenvalue weighted by Crippen LogP contribution is 2.40. The number of amides is 1. The SMILES string of the molecule is O=C(O)CSCC(=O)Nc1cc2c(cc1[N+](=O)[O-])OCO2. The number of carboxylic acid groups (broad SMARTS) is 1. The summed E-state index contributed by atoms with van der Waals surface area (Å²) in [4.78, 5) is 32.3. The molecule has 0 fully saturated rings. The molecule has 0 saturated carbocycles. The lowest BCUT2D eigenvalue weighted by Gasteiger charge is -2.06. The van der Waals surface area contributed by atoms with Crippen molar-refractivity contribution < 1.29 is 29.1 Å². The number of nitrogens with one attached hydrogen (secondary N) is 1. The molecule has 0 radical (unpaired) electrons. The molecule has 1 amide bonds. The van der Waals surface area contributed by atoms with Crippen molar-refractivity contribution in [2.24, 2.45) is 0 Å². The molecule has 1 aromatic carbocycles. The number of carboxylic acids is 1. The van der Waals surface area contributed by atoms with Gasteiger partial charge in [-0.2, -0.15) is 0 Å². The second-order valence-corrected chi connectivity index (χ2v) is 4.90. The predicted molar refractivity (Wildman–Crippen MR) is 72.8 cm³/mol. The third kappa shape index (κ3) is 3.75. The first-order valence-electron chi connectivity index (χ1n) is 5.65. The predicted octanol–water partition coefficient (Wildman–Crippen LogP) is 1.08. The summed E-state index contributed by atoms with van der Waals surface area (Å²) in [5, 5.41) is 21.8. The smallest absolute Gasteiger partial charge is 0.313 e. The van der Waals surface area contributed by atoms with Gasteiger partial charge < -0.3 is 19.9 Å². The number of carbonyl (C=O) groups excluding carboxylic acids is 1. The number of anilines is 1. The lowest BCUT2D eigenvalue weighted by atomic mass is 10.2. The Morgan fingerprint density at radius 3 is 2.62 bits per heavy atom. The summed E-state index contributed by atoms with van der Waals surface area (Å²) in [6.45, 7) is -0.0433. The topological polar surface area (TPSA) is 128 Å². The Morgan fingerprint density at radius 1 is 1.33 bits per heavy atom. The summed E-state index contributed by atoms with van der Waals surface area (Å²) < 4.78 is 10.1. The molecule has 0 atom stereocenters. The number of aliphatic carboxylic acids is 1. The quantitative estimate of drug-likeness (QED) is 0.589. The molecule has 2 rings (SSSR count). The van der Waals surface area contributed by atoms with Crippen molar-refractivity contribution in [2.45, 2.75) is 0 Å². The summed E-state index contributed by atoms with van der Waals surface area (Å²) in [5.74, 6) is -1.40. The van der Waals surface area contributed by atoms with E-state index in [-0.39, 0.29) is 35.4 Å². The molecule has 2 N–H and O–H groups in total. The molecule has 0 spiro atoms. The van der Waals surface area contributed by atoms with E-state index in [2.05, 4.69) is 5.32 Å². The summed E-state index contributed by atoms with van der Waals surface area (Å²) >= 11 is 0.891. The number of nitrogens with zero attached hydrogens (tertiary/aromatic N) is 1. The first kappa shape index (κ1) is 14.9. The van der Waals surface area contributed by atoms with E-state index in [1.807, 2.05) is 0 Å². The van der Waals surface area contributed by atoms with Crippen LogP contribution in [0.1, 0.15) is 0 Å². The van der Waals surface area contributed by atoms with Crippen molar-refractivity contribution in [3.8, 4) is 11.5 Å². The molecule has 1 aliphatic heterocycles. The molecule has 0 unspecified atom stereocenters. The maximum absolute atomic E-state index is 11.6. The number of rotatable bonds is 6. The molecular weight excluding hydrogens is 304 g/mol. The number of hydrogen-bond acceptors (Lipinski definition) is 7. The van der Waals surface area contributed by atoms with Crippen LogP contribution >= 0.6 is 11.8 Å². The van der Waals surface area contributed by atoms with Gasteiger partial charge in [0.1, 0.15) is 5.69 Å². The van der Waals surface area contributed by atoms with Crippen LogP contribution < -0.4 is 14.8 Å². The van der Waals surface area contributed by atoms with Gasteiger partial charge in [-0.15, -0.1) is 11.8 Å². The Morgan fingerprint density at radius 2 is 2.00 bits per heavy atom. The zero-order chi connectivity index (χ0) is 15.4. The zero-order valence-electron chi connectivity index (χ0n) is 10.5. The highest BCUT2D eigenvalue weighted by Gasteiger charge is 2.24. The lowest BCUT2D eigenvalue weighted by molar-refractivity contribution is -0.384. The Balaban J connectivity index is 2.10. The molecule has 21 heavy (non-hydrogen) atoms. The van der Waals surface area contributed by atoms with E-state index < -0.39 is 16.8 Å². The normalized spacial score (nSPS) is 12.0. The second-order valence-electron chi connectivity index (χ2n) is 3.91. The number of benzene rings is 1. The van der Waals surface area contributed by atoms with Crippen LogP contribution in [0, 0.1) is 10.1 Å². The minimum atomic E-state index is -1.04. The van der Waals surface area contributed by atoms with Gasteiger partial charge in [-0.25, -0.2) is 0 Å². The Kier molecular flexibility index (Phi) is 4.48. The van der Waals surface area contributed by atoms with Crippen molar-refractivity contribution in [1.29, 1.82) is 0 Å². The maximum Gasteiger partial charge on any atom is 0.313 e. The molecule has 1 aliphatic rings. The summed E-state index contributed by atoms with van der Waals surface area (Å²) in [6, 6.07) is 2.47. The van der Waals surface area contributed by atoms with Gasteiger partial charge >= 0.3 is 5.97 Å². The maximum atomic E-state index is 11.6. The monoisotopic (exact) mass is 314 g/mol. The van der Waals surface area contributed by atoms with Crippen LogP contribution in [0.5, 0.6) is 11.5 Å². The summed E-state index contributed by atoms with van der Waals surface area (Å²) in [5.41, 5.74) is -0.346. The molecule has 0 aromatic heterocycles. The number of ether oxygens (including phenoxy) is 2. The fourth-order valence-electron chi connectivity index (χ4n) is 1.60. The summed E-state index contributed by atoms with van der Waals surface area (Å²) in [7, 11) is 0. The van der Waals surface area contributed by atoms with E-state index in [0.717, 1.165) is 11.8 Å². The largest absolute Gasteiger partial charge is 0.481 e. The van der Waals surface area contributed by atoms with Gasteiger partial charge in [0.2, 0.25) is 12.7 Å².